The number of aliphatic carboxylic acids is 1. The maximum absolute atomic E-state index is 12.2. The molecule has 0 spiro atoms. The number of rotatable bonds is 9. The third-order valence-electron chi connectivity index (χ3n) is 5.99. The highest BCUT2D eigenvalue weighted by atomic mass is 16.8. The number of benzene rings is 2. The average Bonchev–Trinajstić information content (AvgIpc) is 2.88. The molecule has 0 aromatic heterocycles. The topological polar surface area (TPSA) is 139 Å². The summed E-state index contributed by atoms with van der Waals surface area (Å²) in [5.74, 6) is -1.21. The fraction of sp³-hybridized carbons (Fsp3) is 0.423. The van der Waals surface area contributed by atoms with E-state index in [0.717, 1.165) is 5.56 Å². The molecule has 11 heteroatoms. The lowest BCUT2D eigenvalue weighted by atomic mass is 9.95. The van der Waals surface area contributed by atoms with Crippen LogP contribution in [0.15, 0.2) is 48.5 Å². The smallest absolute Gasteiger partial charge is 0.329 e. The van der Waals surface area contributed by atoms with Gasteiger partial charge in [0.2, 0.25) is 12.2 Å². The largest absolute Gasteiger partial charge is 0.493 e. The van der Waals surface area contributed by atoms with E-state index in [1.165, 1.54) is 27.0 Å². The van der Waals surface area contributed by atoms with Gasteiger partial charge in [0.1, 0.15) is 31.0 Å². The first-order chi connectivity index (χ1) is 17.8. The maximum atomic E-state index is 12.2. The van der Waals surface area contributed by atoms with Crippen molar-refractivity contribution in [1.82, 2.24) is 5.32 Å². The summed E-state index contributed by atoms with van der Waals surface area (Å²) in [7, 11) is 1.43. The minimum absolute atomic E-state index is 0.101. The number of hydrogen-bond acceptors (Lipinski definition) is 9. The Morgan fingerprint density at radius 1 is 1.05 bits per heavy atom. The highest BCUT2D eigenvalue weighted by Gasteiger charge is 2.52. The third kappa shape index (κ3) is 6.25. The molecule has 6 atom stereocenters. The van der Waals surface area contributed by atoms with Gasteiger partial charge in [0, 0.05) is 18.1 Å². The van der Waals surface area contributed by atoms with E-state index in [1.54, 1.807) is 12.1 Å². The normalized spacial score (nSPS) is 27.0. The van der Waals surface area contributed by atoms with E-state index in [-0.39, 0.29) is 23.9 Å². The minimum atomic E-state index is -1.18. The van der Waals surface area contributed by atoms with E-state index in [0.29, 0.717) is 5.56 Å². The molecule has 0 saturated carbocycles. The molecular weight excluding hydrogens is 486 g/mol. The number of carbonyl (C=O) groups is 3. The van der Waals surface area contributed by atoms with Crippen LogP contribution in [0, 0.1) is 0 Å². The van der Waals surface area contributed by atoms with Crippen molar-refractivity contribution in [2.45, 2.75) is 50.8 Å². The summed E-state index contributed by atoms with van der Waals surface area (Å²) >= 11 is 0. The summed E-state index contributed by atoms with van der Waals surface area (Å²) in [6.07, 6.45) is -4.30. The minimum Gasteiger partial charge on any atom is -0.493 e. The first-order valence-corrected chi connectivity index (χ1v) is 11.7. The highest BCUT2D eigenvalue weighted by molar-refractivity contribution is 5.94. The Balaban J connectivity index is 1.65. The molecule has 6 unspecified atom stereocenters. The van der Waals surface area contributed by atoms with Crippen LogP contribution in [-0.2, 0) is 28.5 Å². The van der Waals surface area contributed by atoms with Crippen molar-refractivity contribution in [3.05, 3.63) is 59.7 Å². The molecule has 2 aliphatic rings. The lowest BCUT2D eigenvalue weighted by Crippen LogP contribution is -2.68. The van der Waals surface area contributed by atoms with Gasteiger partial charge in [0.15, 0.2) is 23.6 Å². The predicted octanol–water partition coefficient (Wildman–Crippen LogP) is 2.09. The lowest BCUT2D eigenvalue weighted by molar-refractivity contribution is -0.337. The summed E-state index contributed by atoms with van der Waals surface area (Å²) in [5.41, 5.74) is 1.19. The quantitative estimate of drug-likeness (QED) is 0.477. The molecule has 2 aromatic carbocycles. The zero-order valence-corrected chi connectivity index (χ0v) is 20.6. The Bertz CT molecular complexity index is 1120. The summed E-state index contributed by atoms with van der Waals surface area (Å²) in [6.45, 7) is 2.22. The number of fused-ring (bicyclic) bond motifs is 1. The Kier molecular flexibility index (Phi) is 8.39. The van der Waals surface area contributed by atoms with Crippen LogP contribution in [0.4, 0.5) is 0 Å². The van der Waals surface area contributed by atoms with Crippen LogP contribution in [-0.4, -0.2) is 73.7 Å². The maximum Gasteiger partial charge on any atom is 0.329 e. The van der Waals surface area contributed by atoms with Crippen LogP contribution < -0.4 is 14.8 Å². The number of hydrogen-bond donors (Lipinski definition) is 2. The Morgan fingerprint density at radius 3 is 2.46 bits per heavy atom. The number of amides is 1. The van der Waals surface area contributed by atoms with Gasteiger partial charge in [-0.05, 0) is 25.1 Å². The van der Waals surface area contributed by atoms with Gasteiger partial charge in [-0.2, -0.15) is 0 Å². The summed E-state index contributed by atoms with van der Waals surface area (Å²) in [4.78, 5) is 35.3. The van der Waals surface area contributed by atoms with Crippen molar-refractivity contribution in [1.29, 1.82) is 0 Å². The third-order valence-corrected chi connectivity index (χ3v) is 5.99. The van der Waals surface area contributed by atoms with Crippen LogP contribution in [0.5, 0.6) is 11.5 Å². The Labute approximate surface area is 213 Å². The van der Waals surface area contributed by atoms with Gasteiger partial charge in [0.05, 0.1) is 13.7 Å². The van der Waals surface area contributed by atoms with E-state index in [2.05, 4.69) is 5.32 Å². The zero-order chi connectivity index (χ0) is 26.5. The number of Topliss-reactive ketones (excluding diaryl/α,β-unsaturated/α-hetero) is 1. The Morgan fingerprint density at radius 2 is 1.81 bits per heavy atom. The van der Waals surface area contributed by atoms with Gasteiger partial charge in [-0.1, -0.05) is 30.3 Å². The van der Waals surface area contributed by atoms with Gasteiger partial charge in [-0.3, -0.25) is 9.59 Å². The first kappa shape index (κ1) is 26.6. The van der Waals surface area contributed by atoms with E-state index < -0.39 is 55.4 Å². The van der Waals surface area contributed by atoms with Crippen molar-refractivity contribution < 1.29 is 47.9 Å². The molecule has 4 rings (SSSR count). The van der Waals surface area contributed by atoms with Crippen molar-refractivity contribution in [2.24, 2.45) is 0 Å². The molecule has 1 amide bonds. The van der Waals surface area contributed by atoms with Crippen molar-refractivity contribution in [3.63, 3.8) is 0 Å². The number of nitrogens with one attached hydrogen (secondary N) is 1. The van der Waals surface area contributed by atoms with Gasteiger partial charge in [-0.15, -0.1) is 0 Å². The second-order valence-electron chi connectivity index (χ2n) is 8.65. The van der Waals surface area contributed by atoms with Gasteiger partial charge in [0.25, 0.3) is 0 Å². The number of carboxylic acids is 1. The van der Waals surface area contributed by atoms with Crippen LogP contribution in [0.25, 0.3) is 0 Å². The van der Waals surface area contributed by atoms with Crippen molar-refractivity contribution in [3.8, 4) is 11.5 Å². The fourth-order valence-electron chi connectivity index (χ4n) is 4.31. The number of carbonyl (C=O) groups excluding carboxylic acids is 2. The molecule has 0 aliphatic carbocycles. The SMILES string of the molecule is COc1cc(C(C)=O)ccc1OC1OC2COC(c3ccccc3)OC2C(OCC(=O)O)C1NC(C)=O. The van der Waals surface area contributed by atoms with Crippen LogP contribution in [0.3, 0.4) is 0 Å². The van der Waals surface area contributed by atoms with Crippen molar-refractivity contribution in [2.75, 3.05) is 20.3 Å². The molecule has 37 heavy (non-hydrogen) atoms. The molecule has 0 bridgehead atoms. The molecule has 198 valence electrons. The summed E-state index contributed by atoms with van der Waals surface area (Å²) < 4.78 is 35.5. The van der Waals surface area contributed by atoms with Gasteiger partial charge < -0.3 is 38.8 Å². The molecule has 0 radical (unpaired) electrons. The first-order valence-electron chi connectivity index (χ1n) is 11.7. The zero-order valence-electron chi connectivity index (χ0n) is 20.6. The van der Waals surface area contributed by atoms with Gasteiger partial charge in [-0.25, -0.2) is 4.79 Å². The Hall–Kier alpha value is -3.51. The fourth-order valence-corrected chi connectivity index (χ4v) is 4.31. The standard InChI is InChI=1S/C26H29NO10/c1-14(28)17-9-10-18(19(11-17)32-3)35-26-22(27-15(2)29)24(33-13-21(30)31)23-20(36-26)12-34-25(37-23)16-7-5-4-6-8-16/h4-11,20,22-26H,12-13H2,1-3H3,(H,27,29)(H,30,31). The number of ether oxygens (including phenoxy) is 6. The number of methoxy groups -OCH3 is 1. The van der Waals surface area contributed by atoms with Crippen LogP contribution in [0.1, 0.15) is 36.1 Å². The molecule has 2 saturated heterocycles. The van der Waals surface area contributed by atoms with E-state index in [1.807, 2.05) is 30.3 Å². The van der Waals surface area contributed by atoms with E-state index in [9.17, 15) is 19.5 Å². The number of ketones is 1. The second-order valence-corrected chi connectivity index (χ2v) is 8.65. The lowest BCUT2D eigenvalue weighted by Gasteiger charge is -2.49. The molecule has 2 N–H and O–H groups in total. The summed E-state index contributed by atoms with van der Waals surface area (Å²) in [5, 5.41) is 12.1. The molecule has 2 fully saturated rings. The van der Waals surface area contributed by atoms with Gasteiger partial charge >= 0.3 is 5.97 Å². The van der Waals surface area contributed by atoms with E-state index >= 15 is 0 Å². The second kappa shape index (κ2) is 11.7. The molecular formula is C26H29NO10. The van der Waals surface area contributed by atoms with Crippen LogP contribution >= 0.6 is 0 Å². The molecule has 2 aliphatic heterocycles. The highest BCUT2D eigenvalue weighted by Crippen LogP contribution is 2.37. The van der Waals surface area contributed by atoms with Crippen molar-refractivity contribution >= 4 is 17.7 Å². The molecule has 2 heterocycles. The molecule has 2 aromatic rings. The monoisotopic (exact) mass is 515 g/mol. The summed E-state index contributed by atoms with van der Waals surface area (Å²) in [6, 6.07) is 13.0. The average molecular weight is 516 g/mol. The van der Waals surface area contributed by atoms with E-state index in [4.69, 9.17) is 28.4 Å². The predicted molar refractivity (Wildman–Crippen MR) is 127 cm³/mol. The molecule has 11 nitrogen and oxygen atoms in total. The number of carboxylic acid groups (broad SMARTS) is 1. The van der Waals surface area contributed by atoms with Crippen LogP contribution in [0.2, 0.25) is 0 Å².